The fourth-order valence-electron chi connectivity index (χ4n) is 2.26. The molecule has 4 nitrogen and oxygen atoms in total. The van der Waals surface area contributed by atoms with Crippen molar-refractivity contribution in [3.05, 3.63) is 29.8 Å². The standard InChI is InChI=1S/C16H23NO3/c1-11(2)16(19)9-17(10-16)15(18)13(4)20-14-7-5-12(3)6-8-14/h5-8,11,13,19H,9-10H2,1-4H3. The van der Waals surface area contributed by atoms with Crippen LogP contribution in [0.25, 0.3) is 0 Å². The molecule has 0 saturated carbocycles. The summed E-state index contributed by atoms with van der Waals surface area (Å²) in [6.07, 6.45) is -0.533. The maximum absolute atomic E-state index is 12.2. The molecular formula is C16H23NO3. The second-order valence-electron chi connectivity index (χ2n) is 6.03. The Labute approximate surface area is 120 Å². The van der Waals surface area contributed by atoms with E-state index in [9.17, 15) is 9.90 Å². The summed E-state index contributed by atoms with van der Waals surface area (Å²) in [5, 5.41) is 10.2. The van der Waals surface area contributed by atoms with E-state index in [0.717, 1.165) is 5.56 Å². The van der Waals surface area contributed by atoms with E-state index >= 15 is 0 Å². The highest BCUT2D eigenvalue weighted by Crippen LogP contribution is 2.29. The number of rotatable bonds is 4. The monoisotopic (exact) mass is 277 g/mol. The zero-order valence-corrected chi connectivity index (χ0v) is 12.6. The Bertz CT molecular complexity index is 475. The number of hydrogen-bond donors (Lipinski definition) is 1. The summed E-state index contributed by atoms with van der Waals surface area (Å²) >= 11 is 0. The minimum absolute atomic E-state index is 0.0732. The Morgan fingerprint density at radius 1 is 1.25 bits per heavy atom. The van der Waals surface area contributed by atoms with Gasteiger partial charge in [0.1, 0.15) is 11.4 Å². The van der Waals surface area contributed by atoms with Gasteiger partial charge >= 0.3 is 0 Å². The van der Waals surface area contributed by atoms with Crippen LogP contribution in [-0.2, 0) is 4.79 Å². The molecule has 2 rings (SSSR count). The van der Waals surface area contributed by atoms with Crippen LogP contribution in [0.1, 0.15) is 26.3 Å². The van der Waals surface area contributed by atoms with Crippen molar-refractivity contribution < 1.29 is 14.6 Å². The molecule has 1 aliphatic rings. The topological polar surface area (TPSA) is 49.8 Å². The molecule has 20 heavy (non-hydrogen) atoms. The van der Waals surface area contributed by atoms with Gasteiger partial charge in [0.2, 0.25) is 0 Å². The third-order valence-corrected chi connectivity index (χ3v) is 4.00. The molecule has 0 radical (unpaired) electrons. The van der Waals surface area contributed by atoms with E-state index in [1.165, 1.54) is 0 Å². The van der Waals surface area contributed by atoms with Crippen LogP contribution in [-0.4, -0.2) is 40.7 Å². The first kappa shape index (κ1) is 14.9. The van der Waals surface area contributed by atoms with Crippen molar-refractivity contribution in [3.8, 4) is 5.75 Å². The SMILES string of the molecule is Cc1ccc(OC(C)C(=O)N2CC(O)(C(C)C)C2)cc1. The summed E-state index contributed by atoms with van der Waals surface area (Å²) in [6, 6.07) is 7.63. The summed E-state index contributed by atoms with van der Waals surface area (Å²) in [4.78, 5) is 13.8. The summed E-state index contributed by atoms with van der Waals surface area (Å²) in [5.74, 6) is 0.770. The van der Waals surface area contributed by atoms with Gasteiger partial charge in [0, 0.05) is 0 Å². The molecule has 1 atom stereocenters. The summed E-state index contributed by atoms with van der Waals surface area (Å²) in [6.45, 7) is 8.47. The van der Waals surface area contributed by atoms with Gasteiger partial charge < -0.3 is 14.7 Å². The summed E-state index contributed by atoms with van der Waals surface area (Å²) in [5.41, 5.74) is 0.417. The fraction of sp³-hybridized carbons (Fsp3) is 0.562. The molecule has 1 unspecified atom stereocenters. The van der Waals surface area contributed by atoms with Gasteiger partial charge in [-0.1, -0.05) is 31.5 Å². The Hall–Kier alpha value is -1.55. The second kappa shape index (κ2) is 5.44. The van der Waals surface area contributed by atoms with E-state index in [1.807, 2.05) is 45.0 Å². The molecule has 0 bridgehead atoms. The molecule has 1 N–H and O–H groups in total. The molecule has 1 aliphatic heterocycles. The quantitative estimate of drug-likeness (QED) is 0.915. The largest absolute Gasteiger partial charge is 0.481 e. The number of likely N-dealkylation sites (tertiary alicyclic amines) is 1. The lowest BCUT2D eigenvalue weighted by Crippen LogP contribution is -2.67. The van der Waals surface area contributed by atoms with Crippen LogP contribution in [0.5, 0.6) is 5.75 Å². The van der Waals surface area contributed by atoms with Crippen LogP contribution >= 0.6 is 0 Å². The average molecular weight is 277 g/mol. The van der Waals surface area contributed by atoms with Crippen LogP contribution in [0.4, 0.5) is 0 Å². The van der Waals surface area contributed by atoms with Gasteiger partial charge in [0.25, 0.3) is 5.91 Å². The van der Waals surface area contributed by atoms with Crippen molar-refractivity contribution in [2.45, 2.75) is 39.4 Å². The summed E-state index contributed by atoms with van der Waals surface area (Å²) in [7, 11) is 0. The molecule has 0 aromatic heterocycles. The van der Waals surface area contributed by atoms with Crippen molar-refractivity contribution in [1.82, 2.24) is 4.90 Å². The Morgan fingerprint density at radius 2 is 1.80 bits per heavy atom. The Morgan fingerprint density at radius 3 is 2.30 bits per heavy atom. The van der Waals surface area contributed by atoms with Gasteiger partial charge in [-0.2, -0.15) is 0 Å². The second-order valence-corrected chi connectivity index (χ2v) is 6.03. The minimum atomic E-state index is -0.737. The number of β-amino-alcohol motifs (C(OH)–C–C–N with tert-alkyl or cyclic N) is 1. The first-order chi connectivity index (χ1) is 9.32. The molecule has 0 aliphatic carbocycles. The third kappa shape index (κ3) is 2.96. The third-order valence-electron chi connectivity index (χ3n) is 4.00. The van der Waals surface area contributed by atoms with Gasteiger partial charge in [-0.25, -0.2) is 0 Å². The predicted octanol–water partition coefficient (Wildman–Crippen LogP) is 1.99. The van der Waals surface area contributed by atoms with E-state index in [2.05, 4.69) is 0 Å². The lowest BCUT2D eigenvalue weighted by atomic mass is 9.83. The van der Waals surface area contributed by atoms with Gasteiger partial charge in [-0.15, -0.1) is 0 Å². The molecule has 1 fully saturated rings. The minimum Gasteiger partial charge on any atom is -0.481 e. The number of aliphatic hydroxyl groups is 1. The van der Waals surface area contributed by atoms with E-state index in [0.29, 0.717) is 18.8 Å². The van der Waals surface area contributed by atoms with Gasteiger partial charge in [-0.3, -0.25) is 4.79 Å². The van der Waals surface area contributed by atoms with Crippen molar-refractivity contribution in [2.75, 3.05) is 13.1 Å². The maximum Gasteiger partial charge on any atom is 0.263 e. The van der Waals surface area contributed by atoms with Crippen LogP contribution < -0.4 is 4.74 Å². The number of nitrogens with zero attached hydrogens (tertiary/aromatic N) is 1. The number of amides is 1. The average Bonchev–Trinajstić information content (AvgIpc) is 2.36. The zero-order chi connectivity index (χ0) is 14.9. The number of carbonyl (C=O) groups excluding carboxylic acids is 1. The molecule has 110 valence electrons. The van der Waals surface area contributed by atoms with Gasteiger partial charge in [0.05, 0.1) is 13.1 Å². The number of hydrogen-bond acceptors (Lipinski definition) is 3. The molecular weight excluding hydrogens is 254 g/mol. The van der Waals surface area contributed by atoms with Crippen LogP contribution in [0.15, 0.2) is 24.3 Å². The van der Waals surface area contributed by atoms with E-state index in [-0.39, 0.29) is 11.8 Å². The first-order valence-corrected chi connectivity index (χ1v) is 7.06. The Kier molecular flexibility index (Phi) is 4.04. The van der Waals surface area contributed by atoms with Crippen molar-refractivity contribution in [3.63, 3.8) is 0 Å². The molecule has 1 saturated heterocycles. The van der Waals surface area contributed by atoms with E-state index in [4.69, 9.17) is 4.74 Å². The molecule has 1 aromatic carbocycles. The van der Waals surface area contributed by atoms with Crippen LogP contribution in [0.3, 0.4) is 0 Å². The van der Waals surface area contributed by atoms with Crippen LogP contribution in [0, 0.1) is 12.8 Å². The molecule has 1 aromatic rings. The molecule has 0 spiro atoms. The van der Waals surface area contributed by atoms with Crippen LogP contribution in [0.2, 0.25) is 0 Å². The zero-order valence-electron chi connectivity index (χ0n) is 12.6. The molecule has 1 heterocycles. The first-order valence-electron chi connectivity index (χ1n) is 7.06. The number of benzene rings is 1. The van der Waals surface area contributed by atoms with E-state index in [1.54, 1.807) is 11.8 Å². The van der Waals surface area contributed by atoms with Gasteiger partial charge in [0.15, 0.2) is 6.10 Å². The normalized spacial score (nSPS) is 18.6. The highest BCUT2D eigenvalue weighted by Gasteiger charge is 2.46. The van der Waals surface area contributed by atoms with Gasteiger partial charge in [-0.05, 0) is 31.9 Å². The van der Waals surface area contributed by atoms with Crippen molar-refractivity contribution in [2.24, 2.45) is 5.92 Å². The maximum atomic E-state index is 12.2. The molecule has 1 amide bonds. The lowest BCUT2D eigenvalue weighted by molar-refractivity contribution is -0.169. The number of ether oxygens (including phenoxy) is 1. The van der Waals surface area contributed by atoms with Crippen molar-refractivity contribution in [1.29, 1.82) is 0 Å². The Balaban J connectivity index is 1.89. The lowest BCUT2D eigenvalue weighted by Gasteiger charge is -2.49. The van der Waals surface area contributed by atoms with E-state index < -0.39 is 11.7 Å². The summed E-state index contributed by atoms with van der Waals surface area (Å²) < 4.78 is 5.64. The fourth-order valence-corrected chi connectivity index (χ4v) is 2.26. The smallest absolute Gasteiger partial charge is 0.263 e. The number of aryl methyl sites for hydroxylation is 1. The molecule has 4 heteroatoms. The highest BCUT2D eigenvalue weighted by molar-refractivity contribution is 5.82. The number of carbonyl (C=O) groups is 1. The van der Waals surface area contributed by atoms with Crippen molar-refractivity contribution >= 4 is 5.91 Å². The predicted molar refractivity (Wildman–Crippen MR) is 77.6 cm³/mol. The highest BCUT2D eigenvalue weighted by atomic mass is 16.5.